The molecular formula is C12H14N4O4. The lowest BCUT2D eigenvalue weighted by Gasteiger charge is -2.28. The standard InChI is InChI=1S/C12H14N4O4/c1-11(18)9-12(4-17,19-9)20-10(11)16-3-2-6-7(13)14-5-15-8(6)16/h2-3,5,9-10,17-18H,4H2,1H3,(H2,13,14,15)/t9?,10-,11?,12?/m1/s1. The van der Waals surface area contributed by atoms with Gasteiger partial charge in [0.2, 0.25) is 5.79 Å². The van der Waals surface area contributed by atoms with Crippen molar-refractivity contribution < 1.29 is 19.7 Å². The van der Waals surface area contributed by atoms with Crippen LogP contribution in [0.15, 0.2) is 18.6 Å². The van der Waals surface area contributed by atoms with Crippen molar-refractivity contribution >= 4 is 16.9 Å². The number of fused-ring (bicyclic) bond motifs is 2. The fourth-order valence-electron chi connectivity index (χ4n) is 2.93. The Morgan fingerprint density at radius 1 is 1.45 bits per heavy atom. The van der Waals surface area contributed by atoms with E-state index in [0.29, 0.717) is 16.9 Å². The van der Waals surface area contributed by atoms with E-state index >= 15 is 0 Å². The first-order chi connectivity index (χ1) is 9.49. The van der Waals surface area contributed by atoms with Crippen LogP contribution in [0.1, 0.15) is 13.2 Å². The molecule has 0 aromatic carbocycles. The largest absolute Gasteiger partial charge is 0.391 e. The Labute approximate surface area is 113 Å². The van der Waals surface area contributed by atoms with Crippen LogP contribution in [0.3, 0.4) is 0 Å². The van der Waals surface area contributed by atoms with Gasteiger partial charge < -0.3 is 30.0 Å². The Bertz CT molecular complexity index is 700. The van der Waals surface area contributed by atoms with Gasteiger partial charge in [-0.2, -0.15) is 0 Å². The minimum absolute atomic E-state index is 0.305. The molecule has 4 N–H and O–H groups in total. The summed E-state index contributed by atoms with van der Waals surface area (Å²) >= 11 is 0. The molecule has 2 fully saturated rings. The molecule has 0 bridgehead atoms. The number of ether oxygens (including phenoxy) is 2. The van der Waals surface area contributed by atoms with E-state index in [-0.39, 0.29) is 6.61 Å². The normalized spacial score (nSPS) is 39.1. The zero-order chi connectivity index (χ0) is 14.1. The molecule has 4 rings (SSSR count). The zero-order valence-electron chi connectivity index (χ0n) is 10.7. The second kappa shape index (κ2) is 3.47. The monoisotopic (exact) mass is 278 g/mol. The highest BCUT2D eigenvalue weighted by atomic mass is 16.8. The van der Waals surface area contributed by atoms with Crippen LogP contribution in [-0.2, 0) is 9.47 Å². The maximum Gasteiger partial charge on any atom is 0.224 e. The van der Waals surface area contributed by atoms with Gasteiger partial charge >= 0.3 is 0 Å². The molecule has 2 aliphatic rings. The predicted octanol–water partition coefficient (Wildman–Crippen LogP) is -0.619. The summed E-state index contributed by atoms with van der Waals surface area (Å²) in [7, 11) is 0. The fourth-order valence-corrected chi connectivity index (χ4v) is 2.93. The predicted molar refractivity (Wildman–Crippen MR) is 67.4 cm³/mol. The second-order valence-electron chi connectivity index (χ2n) is 5.38. The first-order valence-electron chi connectivity index (χ1n) is 6.25. The Kier molecular flexibility index (Phi) is 2.09. The molecule has 8 heteroatoms. The summed E-state index contributed by atoms with van der Waals surface area (Å²) < 4.78 is 12.7. The summed E-state index contributed by atoms with van der Waals surface area (Å²) in [5.74, 6) is -0.742. The van der Waals surface area contributed by atoms with Crippen LogP contribution < -0.4 is 5.73 Å². The number of aromatic nitrogens is 3. The highest BCUT2D eigenvalue weighted by Gasteiger charge is 2.75. The van der Waals surface area contributed by atoms with Gasteiger partial charge in [-0.1, -0.05) is 0 Å². The summed E-state index contributed by atoms with van der Waals surface area (Å²) in [6, 6.07) is 1.76. The molecular weight excluding hydrogens is 264 g/mol. The number of hydrogen-bond acceptors (Lipinski definition) is 7. The SMILES string of the molecule is CC1(O)C2OC2(CO)O[C@H]1n1ccc2c(N)ncnc21. The number of hydrogen-bond donors (Lipinski definition) is 3. The smallest absolute Gasteiger partial charge is 0.224 e. The van der Waals surface area contributed by atoms with Crippen LogP contribution in [0.2, 0.25) is 0 Å². The van der Waals surface area contributed by atoms with Gasteiger partial charge in [-0.25, -0.2) is 9.97 Å². The molecule has 4 atom stereocenters. The van der Waals surface area contributed by atoms with Crippen molar-refractivity contribution in [2.75, 3.05) is 12.3 Å². The fraction of sp³-hybridized carbons (Fsp3) is 0.500. The summed E-state index contributed by atoms with van der Waals surface area (Å²) in [6.45, 7) is 1.31. The number of nitrogen functional groups attached to an aromatic ring is 1. The summed E-state index contributed by atoms with van der Waals surface area (Å²) in [6.07, 6.45) is 1.82. The van der Waals surface area contributed by atoms with Gasteiger partial charge in [0.05, 0.1) is 5.39 Å². The van der Waals surface area contributed by atoms with E-state index in [2.05, 4.69) is 9.97 Å². The van der Waals surface area contributed by atoms with Crippen LogP contribution in [0.25, 0.3) is 11.0 Å². The average molecular weight is 278 g/mol. The molecule has 4 heterocycles. The Hall–Kier alpha value is -1.74. The number of aliphatic hydroxyl groups excluding tert-OH is 1. The molecule has 0 saturated carbocycles. The molecule has 0 radical (unpaired) electrons. The molecule has 0 aliphatic carbocycles. The molecule has 8 nitrogen and oxygen atoms in total. The summed E-state index contributed by atoms with van der Waals surface area (Å²) in [5, 5.41) is 20.6. The van der Waals surface area contributed by atoms with Gasteiger partial charge in [0.15, 0.2) is 12.3 Å². The Morgan fingerprint density at radius 2 is 2.25 bits per heavy atom. The topological polar surface area (TPSA) is 119 Å². The lowest BCUT2D eigenvalue weighted by atomic mass is 10.00. The molecule has 3 unspecified atom stereocenters. The minimum atomic E-state index is -1.27. The van der Waals surface area contributed by atoms with E-state index in [0.717, 1.165) is 0 Å². The van der Waals surface area contributed by atoms with Crippen molar-refractivity contribution in [1.29, 1.82) is 0 Å². The first kappa shape index (κ1) is 12.0. The quantitative estimate of drug-likeness (QED) is 0.626. The van der Waals surface area contributed by atoms with Crippen LogP contribution in [0, 0.1) is 0 Å². The number of aliphatic hydroxyl groups is 2. The number of nitrogens with two attached hydrogens (primary N) is 1. The van der Waals surface area contributed by atoms with Crippen molar-refractivity contribution in [2.24, 2.45) is 0 Å². The lowest BCUT2D eigenvalue weighted by molar-refractivity contribution is -0.190. The molecule has 2 aliphatic heterocycles. The van der Waals surface area contributed by atoms with E-state index < -0.39 is 23.7 Å². The summed E-state index contributed by atoms with van der Waals surface area (Å²) in [4.78, 5) is 8.10. The zero-order valence-corrected chi connectivity index (χ0v) is 10.7. The third kappa shape index (κ3) is 1.29. The van der Waals surface area contributed by atoms with Gasteiger partial charge in [0.25, 0.3) is 0 Å². The number of nitrogens with zero attached hydrogens (tertiary/aromatic N) is 3. The van der Waals surface area contributed by atoms with Gasteiger partial charge in [-0.15, -0.1) is 0 Å². The van der Waals surface area contributed by atoms with Crippen molar-refractivity contribution in [3.05, 3.63) is 18.6 Å². The molecule has 106 valence electrons. The lowest BCUT2D eigenvalue weighted by Crippen LogP contribution is -2.38. The van der Waals surface area contributed by atoms with E-state index in [1.807, 2.05) is 0 Å². The van der Waals surface area contributed by atoms with Crippen molar-refractivity contribution in [2.45, 2.75) is 30.6 Å². The van der Waals surface area contributed by atoms with Crippen molar-refractivity contribution in [3.8, 4) is 0 Å². The number of anilines is 1. The van der Waals surface area contributed by atoms with E-state index in [9.17, 15) is 10.2 Å². The highest BCUT2D eigenvalue weighted by Crippen LogP contribution is 2.57. The van der Waals surface area contributed by atoms with Gasteiger partial charge in [-0.3, -0.25) is 0 Å². The van der Waals surface area contributed by atoms with Crippen molar-refractivity contribution in [1.82, 2.24) is 14.5 Å². The third-order valence-electron chi connectivity index (χ3n) is 4.01. The van der Waals surface area contributed by atoms with Gasteiger partial charge in [-0.05, 0) is 13.0 Å². The highest BCUT2D eigenvalue weighted by molar-refractivity contribution is 5.86. The molecule has 2 aromatic heterocycles. The molecule has 2 saturated heterocycles. The van der Waals surface area contributed by atoms with Crippen LogP contribution in [0.5, 0.6) is 0 Å². The molecule has 20 heavy (non-hydrogen) atoms. The molecule has 2 aromatic rings. The van der Waals surface area contributed by atoms with E-state index in [1.165, 1.54) is 6.33 Å². The van der Waals surface area contributed by atoms with Crippen LogP contribution in [0.4, 0.5) is 5.82 Å². The Balaban J connectivity index is 1.83. The van der Waals surface area contributed by atoms with Crippen LogP contribution in [-0.4, -0.2) is 48.8 Å². The third-order valence-corrected chi connectivity index (χ3v) is 4.01. The second-order valence-corrected chi connectivity index (χ2v) is 5.38. The molecule has 0 spiro atoms. The Morgan fingerprint density at radius 3 is 2.95 bits per heavy atom. The maximum absolute atomic E-state index is 10.6. The van der Waals surface area contributed by atoms with E-state index in [1.54, 1.807) is 23.8 Å². The number of epoxide rings is 1. The summed E-state index contributed by atoms with van der Waals surface area (Å²) in [5.41, 5.74) is 5.09. The first-order valence-corrected chi connectivity index (χ1v) is 6.25. The van der Waals surface area contributed by atoms with Crippen molar-refractivity contribution in [3.63, 3.8) is 0 Å². The number of rotatable bonds is 2. The minimum Gasteiger partial charge on any atom is -0.391 e. The average Bonchev–Trinajstić information content (AvgIpc) is 2.93. The van der Waals surface area contributed by atoms with Gasteiger partial charge in [0.1, 0.15) is 30.0 Å². The van der Waals surface area contributed by atoms with E-state index in [4.69, 9.17) is 15.2 Å². The van der Waals surface area contributed by atoms with Gasteiger partial charge in [0, 0.05) is 6.20 Å². The molecule has 0 amide bonds. The van der Waals surface area contributed by atoms with Crippen LogP contribution >= 0.6 is 0 Å². The maximum atomic E-state index is 10.6.